The fourth-order valence-corrected chi connectivity index (χ4v) is 1.93. The number of halogens is 2. The second-order valence-corrected chi connectivity index (χ2v) is 5.74. The fourth-order valence-electron chi connectivity index (χ4n) is 1.72. The highest BCUT2D eigenvalue weighted by atomic mass is 35.5. The predicted octanol–water partition coefficient (Wildman–Crippen LogP) is 2.79. The molecule has 0 fully saturated rings. The topological polar surface area (TPSA) is 55.1 Å². The molecule has 1 aromatic rings. The number of carbonyl (C=O) groups excluding carboxylic acids is 1. The Balaban J connectivity index is 0.00000324. The molecule has 5 heteroatoms. The summed E-state index contributed by atoms with van der Waals surface area (Å²) < 4.78 is 0. The van der Waals surface area contributed by atoms with Gasteiger partial charge in [-0.3, -0.25) is 4.79 Å². The molecule has 19 heavy (non-hydrogen) atoms. The first-order chi connectivity index (χ1) is 8.35. The van der Waals surface area contributed by atoms with Crippen LogP contribution in [0.4, 0.5) is 0 Å². The first-order valence-corrected chi connectivity index (χ1v) is 6.48. The number of benzene rings is 1. The van der Waals surface area contributed by atoms with Gasteiger partial charge in [-0.25, -0.2) is 0 Å². The van der Waals surface area contributed by atoms with Gasteiger partial charge in [0.05, 0.1) is 0 Å². The summed E-state index contributed by atoms with van der Waals surface area (Å²) in [5.41, 5.74) is 6.08. The lowest BCUT2D eigenvalue weighted by molar-refractivity contribution is -0.129. The molecule has 0 aliphatic carbocycles. The Kier molecular flexibility index (Phi) is 7.42. The van der Waals surface area contributed by atoms with Gasteiger partial charge in [0.1, 0.15) is 0 Å². The number of rotatable bonds is 5. The molecule has 108 valence electrons. The molecule has 1 atom stereocenters. The van der Waals surface area contributed by atoms with Crippen molar-refractivity contribution in [1.29, 1.82) is 0 Å². The maximum atomic E-state index is 12.1. The van der Waals surface area contributed by atoms with Crippen LogP contribution in [0.15, 0.2) is 24.3 Å². The average Bonchev–Trinajstić information content (AvgIpc) is 2.28. The highest BCUT2D eigenvalue weighted by Gasteiger charge is 2.28. The monoisotopic (exact) mass is 304 g/mol. The van der Waals surface area contributed by atoms with Gasteiger partial charge in [0, 0.05) is 23.0 Å². The van der Waals surface area contributed by atoms with E-state index in [-0.39, 0.29) is 24.4 Å². The van der Waals surface area contributed by atoms with Crippen LogP contribution in [0.25, 0.3) is 0 Å². The first kappa shape index (κ1) is 18.2. The largest absolute Gasteiger partial charge is 0.352 e. The average molecular weight is 305 g/mol. The third-order valence-electron chi connectivity index (χ3n) is 2.88. The van der Waals surface area contributed by atoms with Gasteiger partial charge >= 0.3 is 0 Å². The van der Waals surface area contributed by atoms with Crippen molar-refractivity contribution in [2.75, 3.05) is 6.54 Å². The highest BCUT2D eigenvalue weighted by Crippen LogP contribution is 2.23. The molecular weight excluding hydrogens is 283 g/mol. The van der Waals surface area contributed by atoms with E-state index in [1.54, 1.807) is 0 Å². The van der Waals surface area contributed by atoms with Gasteiger partial charge in [0.25, 0.3) is 0 Å². The molecule has 0 aliphatic heterocycles. The zero-order chi connectivity index (χ0) is 13.8. The lowest BCUT2D eigenvalue weighted by Crippen LogP contribution is -2.45. The molecule has 0 saturated carbocycles. The maximum absolute atomic E-state index is 12.1. The molecule has 0 aliphatic rings. The van der Waals surface area contributed by atoms with Crippen molar-refractivity contribution in [2.24, 2.45) is 11.1 Å². The number of carbonyl (C=O) groups is 1. The molecular formula is C14H22Cl2N2O. The minimum Gasteiger partial charge on any atom is -0.352 e. The van der Waals surface area contributed by atoms with Crippen molar-refractivity contribution >= 4 is 29.9 Å². The van der Waals surface area contributed by atoms with E-state index in [4.69, 9.17) is 17.3 Å². The van der Waals surface area contributed by atoms with Crippen molar-refractivity contribution in [3.8, 4) is 0 Å². The highest BCUT2D eigenvalue weighted by molar-refractivity contribution is 6.30. The summed E-state index contributed by atoms with van der Waals surface area (Å²) in [5.74, 6) is 0.0143. The molecule has 0 bridgehead atoms. The molecule has 1 aromatic carbocycles. The Morgan fingerprint density at radius 3 is 2.63 bits per heavy atom. The van der Waals surface area contributed by atoms with Crippen LogP contribution in [0, 0.1) is 5.41 Å². The Morgan fingerprint density at radius 2 is 2.11 bits per heavy atom. The smallest absolute Gasteiger partial charge is 0.226 e. The van der Waals surface area contributed by atoms with Gasteiger partial charge in [-0.05, 0) is 31.0 Å². The van der Waals surface area contributed by atoms with Crippen LogP contribution in [-0.4, -0.2) is 18.5 Å². The van der Waals surface area contributed by atoms with Crippen LogP contribution in [0.3, 0.4) is 0 Å². The van der Waals surface area contributed by atoms with Gasteiger partial charge in [0.15, 0.2) is 0 Å². The third-order valence-corrected chi connectivity index (χ3v) is 3.12. The van der Waals surface area contributed by atoms with Crippen molar-refractivity contribution < 1.29 is 4.79 Å². The second kappa shape index (κ2) is 7.73. The molecule has 0 heterocycles. The molecule has 1 amide bonds. The van der Waals surface area contributed by atoms with Crippen LogP contribution in [0.2, 0.25) is 5.02 Å². The van der Waals surface area contributed by atoms with E-state index in [2.05, 4.69) is 5.32 Å². The van der Waals surface area contributed by atoms with Crippen molar-refractivity contribution in [3.05, 3.63) is 34.9 Å². The predicted molar refractivity (Wildman–Crippen MR) is 82.8 cm³/mol. The van der Waals surface area contributed by atoms with Gasteiger partial charge in [-0.2, -0.15) is 0 Å². The van der Waals surface area contributed by atoms with Crippen LogP contribution >= 0.6 is 24.0 Å². The first-order valence-electron chi connectivity index (χ1n) is 6.10. The van der Waals surface area contributed by atoms with Crippen LogP contribution in [0.1, 0.15) is 26.3 Å². The van der Waals surface area contributed by atoms with Crippen LogP contribution in [0.5, 0.6) is 0 Å². The molecule has 0 saturated heterocycles. The quantitative estimate of drug-likeness (QED) is 0.879. The number of hydrogen-bond acceptors (Lipinski definition) is 2. The summed E-state index contributed by atoms with van der Waals surface area (Å²) in [7, 11) is 0. The van der Waals surface area contributed by atoms with E-state index in [9.17, 15) is 4.79 Å². The Labute approximate surface area is 126 Å². The second-order valence-electron chi connectivity index (χ2n) is 5.30. The summed E-state index contributed by atoms with van der Waals surface area (Å²) in [6.45, 7) is 6.19. The van der Waals surface area contributed by atoms with Crippen molar-refractivity contribution in [3.63, 3.8) is 0 Å². The third kappa shape index (κ3) is 5.81. The SMILES string of the molecule is C[C@@H](CN)NC(=O)C(C)(C)Cc1cccc(Cl)c1.Cl. The van der Waals surface area contributed by atoms with Gasteiger partial charge < -0.3 is 11.1 Å². The van der Waals surface area contributed by atoms with E-state index in [0.717, 1.165) is 5.56 Å². The van der Waals surface area contributed by atoms with Crippen LogP contribution < -0.4 is 11.1 Å². The summed E-state index contributed by atoms with van der Waals surface area (Å²) in [5, 5.41) is 3.60. The number of nitrogens with two attached hydrogens (primary N) is 1. The Bertz CT molecular complexity index is 422. The fraction of sp³-hybridized carbons (Fsp3) is 0.500. The van der Waals surface area contributed by atoms with Gasteiger partial charge in [0.2, 0.25) is 5.91 Å². The van der Waals surface area contributed by atoms with E-state index in [1.165, 1.54) is 0 Å². The molecule has 0 radical (unpaired) electrons. The lowest BCUT2D eigenvalue weighted by atomic mass is 9.84. The van der Waals surface area contributed by atoms with Gasteiger partial charge in [-0.1, -0.05) is 37.6 Å². The van der Waals surface area contributed by atoms with Gasteiger partial charge in [-0.15, -0.1) is 12.4 Å². The van der Waals surface area contributed by atoms with Crippen molar-refractivity contribution in [2.45, 2.75) is 33.2 Å². The molecule has 1 rings (SSSR count). The molecule has 3 N–H and O–H groups in total. The van der Waals surface area contributed by atoms with E-state index >= 15 is 0 Å². The summed E-state index contributed by atoms with van der Waals surface area (Å²) in [6, 6.07) is 7.59. The minimum atomic E-state index is -0.478. The number of nitrogens with one attached hydrogen (secondary N) is 1. The standard InChI is InChI=1S/C14H21ClN2O.ClH/c1-10(9-16)17-13(18)14(2,3)8-11-5-4-6-12(15)7-11;/h4-7,10H,8-9,16H2,1-3H3,(H,17,18);1H/t10-;/m0./s1. The normalized spacial score (nSPS) is 12.5. The number of hydrogen-bond donors (Lipinski definition) is 2. The Morgan fingerprint density at radius 1 is 1.47 bits per heavy atom. The molecule has 0 unspecified atom stereocenters. The lowest BCUT2D eigenvalue weighted by Gasteiger charge is -2.25. The molecule has 0 spiro atoms. The molecule has 0 aromatic heterocycles. The summed E-state index contributed by atoms with van der Waals surface area (Å²) in [6.07, 6.45) is 0.649. The van der Waals surface area contributed by atoms with E-state index in [1.807, 2.05) is 45.0 Å². The maximum Gasteiger partial charge on any atom is 0.226 e. The van der Waals surface area contributed by atoms with E-state index in [0.29, 0.717) is 18.0 Å². The zero-order valence-electron chi connectivity index (χ0n) is 11.6. The van der Waals surface area contributed by atoms with Crippen LogP contribution in [-0.2, 0) is 11.2 Å². The summed E-state index contributed by atoms with van der Waals surface area (Å²) in [4.78, 5) is 12.1. The minimum absolute atomic E-state index is 0. The zero-order valence-corrected chi connectivity index (χ0v) is 13.1. The molecule has 3 nitrogen and oxygen atoms in total. The Hall–Kier alpha value is -0.770. The number of amides is 1. The summed E-state index contributed by atoms with van der Waals surface area (Å²) >= 11 is 5.94. The van der Waals surface area contributed by atoms with E-state index < -0.39 is 5.41 Å². The van der Waals surface area contributed by atoms with Crippen molar-refractivity contribution in [1.82, 2.24) is 5.32 Å².